The first kappa shape index (κ1) is 10.7. The summed E-state index contributed by atoms with van der Waals surface area (Å²) in [7, 11) is 1.49. The number of aromatic nitrogens is 1. The summed E-state index contributed by atoms with van der Waals surface area (Å²) in [4.78, 5) is 24.8. The van der Waals surface area contributed by atoms with Crippen molar-refractivity contribution in [1.29, 1.82) is 0 Å². The first-order valence-corrected chi connectivity index (χ1v) is 4.90. The van der Waals surface area contributed by atoms with Gasteiger partial charge in [0.25, 0.3) is 5.56 Å². The lowest BCUT2D eigenvalue weighted by Crippen LogP contribution is -2.13. The van der Waals surface area contributed by atoms with Gasteiger partial charge in [0.1, 0.15) is 5.75 Å². The quantitative estimate of drug-likeness (QED) is 0.813. The smallest absolute Gasteiger partial charge is 0.260 e. The van der Waals surface area contributed by atoms with Crippen LogP contribution in [0.25, 0.3) is 10.9 Å². The van der Waals surface area contributed by atoms with Gasteiger partial charge in [0, 0.05) is 5.39 Å². The predicted molar refractivity (Wildman–Crippen MR) is 61.5 cm³/mol. The second-order valence-electron chi connectivity index (χ2n) is 3.18. The van der Waals surface area contributed by atoms with Gasteiger partial charge in [0.15, 0.2) is 6.29 Å². The largest absolute Gasteiger partial charge is 0.495 e. The summed E-state index contributed by atoms with van der Waals surface area (Å²) in [5, 5.41) is 0.732. The third-order valence-corrected chi connectivity index (χ3v) is 2.73. The molecule has 0 bridgehead atoms. The Morgan fingerprint density at radius 1 is 1.44 bits per heavy atom. The molecule has 2 aromatic rings. The van der Waals surface area contributed by atoms with Crippen LogP contribution in [0, 0.1) is 0 Å². The minimum atomic E-state index is -0.517. The van der Waals surface area contributed by atoms with Crippen molar-refractivity contribution in [2.75, 3.05) is 7.11 Å². The molecule has 0 fully saturated rings. The molecule has 1 heterocycles. The summed E-state index contributed by atoms with van der Waals surface area (Å²) in [5.41, 5.74) is -0.0926. The zero-order chi connectivity index (χ0) is 11.7. The van der Waals surface area contributed by atoms with Gasteiger partial charge in [0.2, 0.25) is 0 Å². The zero-order valence-corrected chi connectivity index (χ0v) is 9.17. The van der Waals surface area contributed by atoms with Gasteiger partial charge in [-0.15, -0.1) is 0 Å². The average Bonchev–Trinajstić information content (AvgIpc) is 2.29. The summed E-state index contributed by atoms with van der Waals surface area (Å²) >= 11 is 5.97. The molecule has 0 unspecified atom stereocenters. The number of H-pyrrole nitrogens is 1. The standard InChI is InChI=1S/C11H8ClNO3/c1-16-8-4-2-3-6-9(12)7(5-14)11(15)13-10(6)8/h2-5H,1H3,(H,13,15). The second kappa shape index (κ2) is 3.98. The molecule has 0 amide bonds. The molecule has 82 valence electrons. The number of halogens is 1. The van der Waals surface area contributed by atoms with Crippen LogP contribution in [0.5, 0.6) is 5.75 Å². The predicted octanol–water partition coefficient (Wildman–Crippen LogP) is 2.00. The van der Waals surface area contributed by atoms with Crippen molar-refractivity contribution < 1.29 is 9.53 Å². The molecule has 0 atom stereocenters. The molecule has 4 nitrogen and oxygen atoms in total. The lowest BCUT2D eigenvalue weighted by molar-refractivity contribution is 0.112. The van der Waals surface area contributed by atoms with Crippen LogP contribution in [0.1, 0.15) is 10.4 Å². The molecule has 0 aliphatic heterocycles. The van der Waals surface area contributed by atoms with Gasteiger partial charge in [0.05, 0.1) is 23.2 Å². The summed E-state index contributed by atoms with van der Waals surface area (Å²) < 4.78 is 5.09. The molecule has 5 heteroatoms. The monoisotopic (exact) mass is 237 g/mol. The van der Waals surface area contributed by atoms with E-state index >= 15 is 0 Å². The SMILES string of the molecule is COc1cccc2c(Cl)c(C=O)c(=O)[nH]c12. The topological polar surface area (TPSA) is 59.2 Å². The Balaban J connectivity index is 2.97. The fraction of sp³-hybridized carbons (Fsp3) is 0.0909. The van der Waals surface area contributed by atoms with Gasteiger partial charge in [-0.2, -0.15) is 0 Å². The van der Waals surface area contributed by atoms with Crippen LogP contribution in [0.2, 0.25) is 5.02 Å². The van der Waals surface area contributed by atoms with Crippen molar-refractivity contribution in [1.82, 2.24) is 4.98 Å². The van der Waals surface area contributed by atoms with Crippen molar-refractivity contribution >= 4 is 28.8 Å². The number of benzene rings is 1. The number of pyridine rings is 1. The highest BCUT2D eigenvalue weighted by molar-refractivity contribution is 6.37. The van der Waals surface area contributed by atoms with Crippen molar-refractivity contribution in [3.8, 4) is 5.75 Å². The molecular weight excluding hydrogens is 230 g/mol. The van der Waals surface area contributed by atoms with Gasteiger partial charge in [-0.05, 0) is 6.07 Å². The van der Waals surface area contributed by atoms with Crippen molar-refractivity contribution in [3.63, 3.8) is 0 Å². The van der Waals surface area contributed by atoms with E-state index in [1.54, 1.807) is 18.2 Å². The molecule has 0 saturated carbocycles. The summed E-state index contributed by atoms with van der Waals surface area (Å²) in [6.45, 7) is 0. The van der Waals surface area contributed by atoms with Crippen LogP contribution in [-0.4, -0.2) is 18.4 Å². The molecular formula is C11H8ClNO3. The summed E-state index contributed by atoms with van der Waals surface area (Å²) in [6.07, 6.45) is 0.445. The number of carbonyl (C=O) groups excluding carboxylic acids is 1. The average molecular weight is 238 g/mol. The fourth-order valence-electron chi connectivity index (χ4n) is 1.54. The maximum absolute atomic E-state index is 11.5. The first-order chi connectivity index (χ1) is 7.69. The van der Waals surface area contributed by atoms with Gasteiger partial charge in [-0.3, -0.25) is 9.59 Å². The minimum absolute atomic E-state index is 0.0672. The van der Waals surface area contributed by atoms with E-state index < -0.39 is 5.56 Å². The Labute approximate surface area is 95.8 Å². The molecule has 16 heavy (non-hydrogen) atoms. The van der Waals surface area contributed by atoms with E-state index in [2.05, 4.69) is 4.98 Å². The Kier molecular flexibility index (Phi) is 2.66. The number of carbonyl (C=O) groups is 1. The van der Waals surface area contributed by atoms with E-state index in [1.165, 1.54) is 7.11 Å². The van der Waals surface area contributed by atoms with Crippen LogP contribution in [0.15, 0.2) is 23.0 Å². The van der Waals surface area contributed by atoms with Crippen LogP contribution in [0.3, 0.4) is 0 Å². The van der Waals surface area contributed by atoms with Crippen LogP contribution < -0.4 is 10.3 Å². The maximum atomic E-state index is 11.5. The van der Waals surface area contributed by atoms with Crippen molar-refractivity contribution in [2.24, 2.45) is 0 Å². The molecule has 1 aromatic heterocycles. The van der Waals surface area contributed by atoms with Crippen molar-refractivity contribution in [2.45, 2.75) is 0 Å². The van der Waals surface area contributed by atoms with E-state index in [4.69, 9.17) is 16.3 Å². The molecule has 0 radical (unpaired) electrons. The molecule has 2 rings (SSSR count). The van der Waals surface area contributed by atoms with E-state index in [9.17, 15) is 9.59 Å². The Morgan fingerprint density at radius 3 is 2.81 bits per heavy atom. The highest BCUT2D eigenvalue weighted by Crippen LogP contribution is 2.28. The first-order valence-electron chi connectivity index (χ1n) is 4.52. The lowest BCUT2D eigenvalue weighted by atomic mass is 10.1. The van der Waals surface area contributed by atoms with Gasteiger partial charge in [-0.25, -0.2) is 0 Å². The van der Waals surface area contributed by atoms with Gasteiger partial charge < -0.3 is 9.72 Å². The third-order valence-electron chi connectivity index (χ3n) is 2.32. The lowest BCUT2D eigenvalue weighted by Gasteiger charge is -2.06. The number of nitrogens with one attached hydrogen (secondary N) is 1. The van der Waals surface area contributed by atoms with E-state index in [0.717, 1.165) is 0 Å². The zero-order valence-electron chi connectivity index (χ0n) is 8.41. The number of aldehydes is 1. The number of methoxy groups -OCH3 is 1. The summed E-state index contributed by atoms with van der Waals surface area (Å²) in [5.74, 6) is 0.508. The Morgan fingerprint density at radius 2 is 2.19 bits per heavy atom. The minimum Gasteiger partial charge on any atom is -0.495 e. The number of aromatic amines is 1. The van der Waals surface area contributed by atoms with Gasteiger partial charge in [-0.1, -0.05) is 23.7 Å². The number of ether oxygens (including phenoxy) is 1. The number of fused-ring (bicyclic) bond motifs is 1. The fourth-order valence-corrected chi connectivity index (χ4v) is 1.83. The van der Waals surface area contributed by atoms with E-state index in [1.807, 2.05) is 0 Å². The molecule has 1 N–H and O–H groups in total. The molecule has 0 saturated heterocycles. The Bertz CT molecular complexity index is 618. The second-order valence-corrected chi connectivity index (χ2v) is 3.56. The number of para-hydroxylation sites is 1. The van der Waals surface area contributed by atoms with Crippen LogP contribution >= 0.6 is 11.6 Å². The molecule has 0 spiro atoms. The van der Waals surface area contributed by atoms with E-state index in [0.29, 0.717) is 22.9 Å². The summed E-state index contributed by atoms with van der Waals surface area (Å²) in [6, 6.07) is 5.15. The van der Waals surface area contributed by atoms with Crippen LogP contribution in [0.4, 0.5) is 0 Å². The van der Waals surface area contributed by atoms with Crippen LogP contribution in [-0.2, 0) is 0 Å². The third kappa shape index (κ3) is 1.47. The normalized spacial score (nSPS) is 10.4. The molecule has 0 aliphatic carbocycles. The van der Waals surface area contributed by atoms with E-state index in [-0.39, 0.29) is 10.6 Å². The molecule has 1 aromatic carbocycles. The Hall–Kier alpha value is -1.81. The maximum Gasteiger partial charge on any atom is 0.260 e. The molecule has 0 aliphatic rings. The number of hydrogen-bond donors (Lipinski definition) is 1. The van der Waals surface area contributed by atoms with Gasteiger partial charge >= 0.3 is 0 Å². The van der Waals surface area contributed by atoms with Crippen molar-refractivity contribution in [3.05, 3.63) is 39.1 Å². The highest BCUT2D eigenvalue weighted by Gasteiger charge is 2.12. The number of rotatable bonds is 2. The highest BCUT2D eigenvalue weighted by atomic mass is 35.5. The number of hydrogen-bond acceptors (Lipinski definition) is 3.